The normalized spacial score (nSPS) is 23.1. The van der Waals surface area contributed by atoms with Crippen LogP contribution in [0, 0.1) is 0 Å². The highest BCUT2D eigenvalue weighted by Gasteiger charge is 2.24. The largest absolute Gasteiger partial charge is 0.391 e. The van der Waals surface area contributed by atoms with Gasteiger partial charge in [0.15, 0.2) is 0 Å². The van der Waals surface area contributed by atoms with E-state index in [1.165, 1.54) is 0 Å². The molecule has 4 nitrogen and oxygen atoms in total. The van der Waals surface area contributed by atoms with E-state index in [1.54, 1.807) is 0 Å². The molecule has 1 aromatic rings. The summed E-state index contributed by atoms with van der Waals surface area (Å²) in [5.74, 6) is -0.0353. The van der Waals surface area contributed by atoms with Crippen molar-refractivity contribution in [3.8, 4) is 0 Å². The molecular weight excluding hydrogens is 240 g/mol. The third kappa shape index (κ3) is 3.78. The molecule has 1 aliphatic rings. The van der Waals surface area contributed by atoms with Crippen LogP contribution in [0.15, 0.2) is 24.3 Å². The van der Waals surface area contributed by atoms with Crippen molar-refractivity contribution >= 4 is 5.91 Å². The van der Waals surface area contributed by atoms with Crippen molar-refractivity contribution in [2.24, 2.45) is 5.73 Å². The molecular formula is C15H22N2O2. The highest BCUT2D eigenvalue weighted by atomic mass is 16.3. The monoisotopic (exact) mass is 262 g/mol. The molecule has 4 N–H and O–H groups in total. The Morgan fingerprint density at radius 2 is 1.95 bits per heavy atom. The molecule has 0 saturated heterocycles. The van der Waals surface area contributed by atoms with Crippen LogP contribution in [0.3, 0.4) is 0 Å². The van der Waals surface area contributed by atoms with Gasteiger partial charge in [-0.1, -0.05) is 37.1 Å². The summed E-state index contributed by atoms with van der Waals surface area (Å²) in [5, 5.41) is 12.8. The summed E-state index contributed by atoms with van der Waals surface area (Å²) in [5.41, 5.74) is 7.63. The van der Waals surface area contributed by atoms with Crippen molar-refractivity contribution < 1.29 is 9.90 Å². The lowest BCUT2D eigenvalue weighted by Crippen LogP contribution is -2.45. The summed E-state index contributed by atoms with van der Waals surface area (Å²) in [6.07, 6.45) is 3.69. The number of nitrogens with two attached hydrogens (primary N) is 1. The zero-order valence-corrected chi connectivity index (χ0v) is 11.1. The van der Waals surface area contributed by atoms with Gasteiger partial charge >= 0.3 is 0 Å². The van der Waals surface area contributed by atoms with Crippen molar-refractivity contribution in [2.75, 3.05) is 0 Å². The number of hydrogen-bond donors (Lipinski definition) is 3. The Kier molecular flexibility index (Phi) is 4.93. The van der Waals surface area contributed by atoms with Gasteiger partial charge in [0, 0.05) is 6.54 Å². The smallest absolute Gasteiger partial charge is 0.224 e. The van der Waals surface area contributed by atoms with Gasteiger partial charge in [-0.2, -0.15) is 0 Å². The zero-order valence-electron chi connectivity index (χ0n) is 11.1. The molecule has 1 fully saturated rings. The third-order valence-corrected chi connectivity index (χ3v) is 3.77. The number of hydrogen-bond acceptors (Lipinski definition) is 3. The average Bonchev–Trinajstić information content (AvgIpc) is 2.42. The Bertz CT molecular complexity index is 434. The van der Waals surface area contributed by atoms with Gasteiger partial charge in [0.25, 0.3) is 0 Å². The lowest BCUT2D eigenvalue weighted by atomic mass is 9.92. The van der Waals surface area contributed by atoms with E-state index in [1.807, 2.05) is 24.3 Å². The summed E-state index contributed by atoms with van der Waals surface area (Å²) in [6.45, 7) is 0.440. The highest BCUT2D eigenvalue weighted by molar-refractivity contribution is 5.79. The molecule has 0 unspecified atom stereocenters. The Labute approximate surface area is 114 Å². The van der Waals surface area contributed by atoms with Crippen molar-refractivity contribution in [1.29, 1.82) is 0 Å². The minimum Gasteiger partial charge on any atom is -0.391 e. The molecule has 1 aliphatic carbocycles. The summed E-state index contributed by atoms with van der Waals surface area (Å²) >= 11 is 0. The fourth-order valence-electron chi connectivity index (χ4n) is 2.64. The fraction of sp³-hybridized carbons (Fsp3) is 0.533. The maximum absolute atomic E-state index is 12.0. The minimum absolute atomic E-state index is 0.0353. The van der Waals surface area contributed by atoms with Crippen molar-refractivity contribution in [3.05, 3.63) is 35.4 Å². The molecule has 0 spiro atoms. The summed E-state index contributed by atoms with van der Waals surface area (Å²) in [7, 11) is 0. The molecule has 0 aliphatic heterocycles. The van der Waals surface area contributed by atoms with E-state index in [0.717, 1.165) is 36.8 Å². The van der Waals surface area contributed by atoms with Crippen LogP contribution >= 0.6 is 0 Å². The van der Waals surface area contributed by atoms with Gasteiger partial charge in [-0.25, -0.2) is 0 Å². The molecule has 104 valence electrons. The SMILES string of the molecule is NCc1ccccc1CC(=O)N[C@@H]1CCCC[C@H]1O. The molecule has 0 bridgehead atoms. The van der Waals surface area contributed by atoms with Crippen molar-refractivity contribution in [1.82, 2.24) is 5.32 Å². The molecule has 1 amide bonds. The topological polar surface area (TPSA) is 75.4 Å². The van der Waals surface area contributed by atoms with Gasteiger partial charge in [0.1, 0.15) is 0 Å². The van der Waals surface area contributed by atoms with Crippen LogP contribution < -0.4 is 11.1 Å². The van der Waals surface area contributed by atoms with E-state index in [9.17, 15) is 9.90 Å². The molecule has 2 atom stereocenters. The van der Waals surface area contributed by atoms with Crippen LogP contribution in [0.5, 0.6) is 0 Å². The highest BCUT2D eigenvalue weighted by Crippen LogP contribution is 2.18. The summed E-state index contributed by atoms with van der Waals surface area (Å²) in [4.78, 5) is 12.0. The third-order valence-electron chi connectivity index (χ3n) is 3.77. The van der Waals surface area contributed by atoms with E-state index in [2.05, 4.69) is 5.32 Å². The second-order valence-corrected chi connectivity index (χ2v) is 5.18. The number of carbonyl (C=O) groups excluding carboxylic acids is 1. The van der Waals surface area contributed by atoms with Gasteiger partial charge in [-0.15, -0.1) is 0 Å². The van der Waals surface area contributed by atoms with E-state index >= 15 is 0 Å². The predicted molar refractivity (Wildman–Crippen MR) is 74.4 cm³/mol. The summed E-state index contributed by atoms with van der Waals surface area (Å²) < 4.78 is 0. The maximum atomic E-state index is 12.0. The Morgan fingerprint density at radius 1 is 1.26 bits per heavy atom. The summed E-state index contributed by atoms with van der Waals surface area (Å²) in [6, 6.07) is 7.62. The maximum Gasteiger partial charge on any atom is 0.224 e. The molecule has 19 heavy (non-hydrogen) atoms. The number of nitrogens with one attached hydrogen (secondary N) is 1. The fourth-order valence-corrected chi connectivity index (χ4v) is 2.64. The van der Waals surface area contributed by atoms with Crippen LogP contribution in [-0.4, -0.2) is 23.2 Å². The predicted octanol–water partition coefficient (Wildman–Crippen LogP) is 1.11. The second-order valence-electron chi connectivity index (χ2n) is 5.18. The second kappa shape index (κ2) is 6.68. The van der Waals surface area contributed by atoms with Crippen LogP contribution in [0.4, 0.5) is 0 Å². The standard InChI is InChI=1S/C15H22N2O2/c16-10-12-6-2-1-5-11(12)9-15(19)17-13-7-3-4-8-14(13)18/h1-2,5-6,13-14,18H,3-4,7-10,16H2,(H,17,19)/t13-,14-/m1/s1. The molecule has 0 radical (unpaired) electrons. The first-order valence-electron chi connectivity index (χ1n) is 6.95. The van der Waals surface area contributed by atoms with Crippen LogP contribution in [-0.2, 0) is 17.8 Å². The number of carbonyl (C=O) groups is 1. The van der Waals surface area contributed by atoms with Gasteiger partial charge in [-0.3, -0.25) is 4.79 Å². The lowest BCUT2D eigenvalue weighted by molar-refractivity contribution is -0.122. The minimum atomic E-state index is -0.401. The molecule has 0 aromatic heterocycles. The molecule has 1 saturated carbocycles. The van der Waals surface area contributed by atoms with Gasteiger partial charge < -0.3 is 16.2 Å². The number of amides is 1. The molecule has 4 heteroatoms. The van der Waals surface area contributed by atoms with Gasteiger partial charge in [0.2, 0.25) is 5.91 Å². The lowest BCUT2D eigenvalue weighted by Gasteiger charge is -2.28. The van der Waals surface area contributed by atoms with E-state index in [0.29, 0.717) is 13.0 Å². The molecule has 2 rings (SSSR count). The van der Waals surface area contributed by atoms with Gasteiger partial charge in [-0.05, 0) is 24.0 Å². The Morgan fingerprint density at radius 3 is 2.63 bits per heavy atom. The quantitative estimate of drug-likeness (QED) is 0.761. The van der Waals surface area contributed by atoms with Crippen LogP contribution in [0.1, 0.15) is 36.8 Å². The zero-order chi connectivity index (χ0) is 13.7. The number of rotatable bonds is 4. The number of aliphatic hydroxyl groups is 1. The molecule has 0 heterocycles. The van der Waals surface area contributed by atoms with Crippen LogP contribution in [0.25, 0.3) is 0 Å². The first-order valence-corrected chi connectivity index (χ1v) is 6.95. The van der Waals surface area contributed by atoms with E-state index < -0.39 is 6.10 Å². The first kappa shape index (κ1) is 14.0. The van der Waals surface area contributed by atoms with Gasteiger partial charge in [0.05, 0.1) is 18.6 Å². The Balaban J connectivity index is 1.93. The average molecular weight is 262 g/mol. The molecule has 1 aromatic carbocycles. The van der Waals surface area contributed by atoms with E-state index in [4.69, 9.17) is 5.73 Å². The Hall–Kier alpha value is -1.39. The first-order chi connectivity index (χ1) is 9.20. The van der Waals surface area contributed by atoms with Crippen molar-refractivity contribution in [3.63, 3.8) is 0 Å². The number of aliphatic hydroxyl groups excluding tert-OH is 1. The number of benzene rings is 1. The van der Waals surface area contributed by atoms with E-state index in [-0.39, 0.29) is 11.9 Å². The van der Waals surface area contributed by atoms with Crippen LogP contribution in [0.2, 0.25) is 0 Å². The van der Waals surface area contributed by atoms with Crippen molar-refractivity contribution in [2.45, 2.75) is 50.8 Å².